The number of pyridine rings is 2. The van der Waals surface area contributed by atoms with Crippen molar-refractivity contribution in [1.29, 1.82) is 0 Å². The van der Waals surface area contributed by atoms with Crippen molar-refractivity contribution in [3.8, 4) is 0 Å². The number of aromatic nitrogens is 4. The molecule has 1 aliphatic rings. The van der Waals surface area contributed by atoms with Gasteiger partial charge in [0.05, 0.1) is 11.3 Å². The minimum Gasteiger partial charge on any atom is -0.385 e. The maximum Gasteiger partial charge on any atom is 0.254 e. The Hall–Kier alpha value is -4.47. The van der Waals surface area contributed by atoms with E-state index in [4.69, 9.17) is 16.6 Å². The number of halogens is 1. The second-order valence-corrected chi connectivity index (χ2v) is 10.9. The number of piperidine rings is 1. The Morgan fingerprint density at radius 1 is 1.02 bits per heavy atom. The van der Waals surface area contributed by atoms with Crippen LogP contribution >= 0.6 is 11.6 Å². The average Bonchev–Trinajstić information content (AvgIpc) is 3.44. The second-order valence-electron chi connectivity index (χ2n) is 10.5. The summed E-state index contributed by atoms with van der Waals surface area (Å²) in [6.45, 7) is 4.47. The Morgan fingerprint density at radius 3 is 2.43 bits per heavy atom. The summed E-state index contributed by atoms with van der Waals surface area (Å²) < 4.78 is 1.76. The van der Waals surface area contributed by atoms with Crippen molar-refractivity contribution in [2.24, 2.45) is 0 Å². The van der Waals surface area contributed by atoms with E-state index in [1.54, 1.807) is 21.8 Å². The van der Waals surface area contributed by atoms with Crippen LogP contribution in [0.15, 0.2) is 91.4 Å². The molecule has 0 aliphatic carbocycles. The fourth-order valence-corrected chi connectivity index (χ4v) is 5.53. The highest BCUT2D eigenvalue weighted by Gasteiger charge is 2.34. The largest absolute Gasteiger partial charge is 0.385 e. The summed E-state index contributed by atoms with van der Waals surface area (Å²) in [5.41, 5.74) is 4.15. The molecule has 10 heteroatoms. The zero-order valence-electron chi connectivity index (χ0n) is 23.3. The number of carbonyl (C=O) groups excluding carboxylic acids is 1. The van der Waals surface area contributed by atoms with Crippen LogP contribution in [-0.2, 0) is 12.1 Å². The molecule has 9 nitrogen and oxygen atoms in total. The molecule has 0 spiro atoms. The first-order chi connectivity index (χ1) is 20.4. The van der Waals surface area contributed by atoms with Gasteiger partial charge in [-0.3, -0.25) is 9.78 Å². The lowest BCUT2D eigenvalue weighted by molar-refractivity contribution is 0.0118. The molecule has 6 rings (SSSR count). The standard InChI is InChI=1S/C32H32ClN7O2/c1-2-38(22-23-13-17-34-18-14-23)30(41)24-5-11-27(12-6-24)35-31-36-29-28(4-3-19-40(29)37-31)39-20-15-32(42,16-21-39)25-7-9-26(33)10-8-25/h3-14,17-19,42H,2,15-16,20-22H2,1H3,(H,35,37). The van der Waals surface area contributed by atoms with Gasteiger partial charge in [-0.1, -0.05) is 23.7 Å². The van der Waals surface area contributed by atoms with Crippen LogP contribution in [0.25, 0.3) is 5.65 Å². The van der Waals surface area contributed by atoms with E-state index in [0.29, 0.717) is 55.6 Å². The highest BCUT2D eigenvalue weighted by atomic mass is 35.5. The molecular formula is C32H32ClN7O2. The number of amides is 1. The minimum atomic E-state index is -0.882. The molecule has 2 aromatic carbocycles. The number of rotatable bonds is 8. The van der Waals surface area contributed by atoms with Gasteiger partial charge in [0.2, 0.25) is 5.95 Å². The molecule has 5 aromatic rings. The molecule has 2 N–H and O–H groups in total. The van der Waals surface area contributed by atoms with Gasteiger partial charge in [0.1, 0.15) is 0 Å². The monoisotopic (exact) mass is 581 g/mol. The van der Waals surface area contributed by atoms with E-state index in [1.165, 1.54) is 0 Å². The number of fused-ring (bicyclic) bond motifs is 1. The lowest BCUT2D eigenvalue weighted by atomic mass is 9.84. The number of aliphatic hydroxyl groups is 1. The van der Waals surface area contributed by atoms with Crippen LogP contribution in [0, 0.1) is 0 Å². The summed E-state index contributed by atoms with van der Waals surface area (Å²) in [6, 6.07) is 22.6. The summed E-state index contributed by atoms with van der Waals surface area (Å²) >= 11 is 6.04. The molecule has 1 aliphatic heterocycles. The molecule has 0 unspecified atom stereocenters. The molecule has 0 radical (unpaired) electrons. The summed E-state index contributed by atoms with van der Waals surface area (Å²) in [6.07, 6.45) is 6.53. The van der Waals surface area contributed by atoms with Gasteiger partial charge in [-0.15, -0.1) is 5.10 Å². The van der Waals surface area contributed by atoms with E-state index in [-0.39, 0.29) is 5.91 Å². The molecule has 1 amide bonds. The first-order valence-electron chi connectivity index (χ1n) is 14.1. The van der Waals surface area contributed by atoms with Crippen LogP contribution in [0.3, 0.4) is 0 Å². The van der Waals surface area contributed by atoms with Crippen molar-refractivity contribution < 1.29 is 9.90 Å². The highest BCUT2D eigenvalue weighted by Crippen LogP contribution is 2.36. The van der Waals surface area contributed by atoms with Gasteiger partial charge in [0.15, 0.2) is 5.65 Å². The topological polar surface area (TPSA) is 98.9 Å². The predicted octanol–water partition coefficient (Wildman–Crippen LogP) is 5.67. The normalized spacial score (nSPS) is 14.6. The van der Waals surface area contributed by atoms with E-state index in [0.717, 1.165) is 28.1 Å². The molecule has 214 valence electrons. The quantitative estimate of drug-likeness (QED) is 0.243. The molecule has 0 atom stereocenters. The molecule has 1 fully saturated rings. The summed E-state index contributed by atoms with van der Waals surface area (Å²) in [5.74, 6) is 0.435. The molecule has 4 heterocycles. The third-order valence-electron chi connectivity index (χ3n) is 7.83. The number of nitrogens with zero attached hydrogens (tertiary/aromatic N) is 6. The van der Waals surface area contributed by atoms with Crippen molar-refractivity contribution in [3.63, 3.8) is 0 Å². The lowest BCUT2D eigenvalue weighted by Crippen LogP contribution is -2.42. The zero-order valence-corrected chi connectivity index (χ0v) is 24.1. The van der Waals surface area contributed by atoms with Crippen LogP contribution in [-0.4, -0.2) is 55.1 Å². The minimum absolute atomic E-state index is 0.0270. The van der Waals surface area contributed by atoms with Crippen LogP contribution in [0.5, 0.6) is 0 Å². The highest BCUT2D eigenvalue weighted by molar-refractivity contribution is 6.30. The molecule has 0 bridgehead atoms. The van der Waals surface area contributed by atoms with Gasteiger partial charge in [0.25, 0.3) is 5.91 Å². The van der Waals surface area contributed by atoms with Gasteiger partial charge in [-0.2, -0.15) is 4.98 Å². The molecule has 0 saturated carbocycles. The van der Waals surface area contributed by atoms with Crippen LogP contribution in [0.1, 0.15) is 41.3 Å². The third kappa shape index (κ3) is 5.79. The number of anilines is 3. The molecular weight excluding hydrogens is 550 g/mol. The first-order valence-corrected chi connectivity index (χ1v) is 14.4. The van der Waals surface area contributed by atoms with Gasteiger partial charge >= 0.3 is 0 Å². The Morgan fingerprint density at radius 2 is 1.74 bits per heavy atom. The third-order valence-corrected chi connectivity index (χ3v) is 8.09. The Bertz CT molecular complexity index is 1670. The fraction of sp³-hybridized carbons (Fsp3) is 0.250. The van der Waals surface area contributed by atoms with E-state index in [1.807, 2.05) is 85.9 Å². The summed E-state index contributed by atoms with van der Waals surface area (Å²) in [4.78, 5) is 26.0. The van der Waals surface area contributed by atoms with Gasteiger partial charge in [-0.05, 0) is 91.6 Å². The van der Waals surface area contributed by atoms with Crippen molar-refractivity contribution >= 4 is 40.5 Å². The van der Waals surface area contributed by atoms with E-state index in [2.05, 4.69) is 20.3 Å². The van der Waals surface area contributed by atoms with Crippen molar-refractivity contribution in [2.45, 2.75) is 31.9 Å². The van der Waals surface area contributed by atoms with Crippen molar-refractivity contribution in [3.05, 3.63) is 113 Å². The van der Waals surface area contributed by atoms with Crippen molar-refractivity contribution in [1.82, 2.24) is 24.5 Å². The van der Waals surface area contributed by atoms with Crippen LogP contribution in [0.2, 0.25) is 5.02 Å². The summed E-state index contributed by atoms with van der Waals surface area (Å²) in [5, 5.41) is 19.9. The van der Waals surface area contributed by atoms with Crippen LogP contribution in [0.4, 0.5) is 17.3 Å². The maximum absolute atomic E-state index is 13.1. The van der Waals surface area contributed by atoms with E-state index >= 15 is 0 Å². The van der Waals surface area contributed by atoms with E-state index < -0.39 is 5.60 Å². The van der Waals surface area contributed by atoms with Crippen LogP contribution < -0.4 is 10.2 Å². The SMILES string of the molecule is CCN(Cc1ccncc1)C(=O)c1ccc(Nc2nc3c(N4CCC(O)(c5ccc(Cl)cc5)CC4)cccn3n2)cc1. The number of carbonyl (C=O) groups is 1. The smallest absolute Gasteiger partial charge is 0.254 e. The first kappa shape index (κ1) is 27.7. The Kier molecular flexibility index (Phi) is 7.78. The van der Waals surface area contributed by atoms with E-state index in [9.17, 15) is 9.90 Å². The zero-order chi connectivity index (χ0) is 29.1. The predicted molar refractivity (Wildman–Crippen MR) is 164 cm³/mol. The lowest BCUT2D eigenvalue weighted by Gasteiger charge is -2.39. The van der Waals surface area contributed by atoms with Gasteiger partial charge in [-0.25, -0.2) is 4.52 Å². The maximum atomic E-state index is 13.1. The number of hydrogen-bond donors (Lipinski definition) is 2. The van der Waals surface area contributed by atoms with Crippen molar-refractivity contribution in [2.75, 3.05) is 29.9 Å². The summed E-state index contributed by atoms with van der Waals surface area (Å²) in [7, 11) is 0. The van der Waals surface area contributed by atoms with Gasteiger partial charge < -0.3 is 20.2 Å². The number of nitrogens with one attached hydrogen (secondary N) is 1. The fourth-order valence-electron chi connectivity index (χ4n) is 5.40. The number of hydrogen-bond acceptors (Lipinski definition) is 7. The second kappa shape index (κ2) is 11.8. The number of benzene rings is 2. The molecule has 1 saturated heterocycles. The Balaban J connectivity index is 1.13. The molecule has 3 aromatic heterocycles. The molecule has 42 heavy (non-hydrogen) atoms. The Labute approximate surface area is 249 Å². The average molecular weight is 582 g/mol. The van der Waals surface area contributed by atoms with Gasteiger partial charge in [0, 0.05) is 61.0 Å².